The summed E-state index contributed by atoms with van der Waals surface area (Å²) < 4.78 is 55.4. The summed E-state index contributed by atoms with van der Waals surface area (Å²) in [6.07, 6.45) is 0. The van der Waals surface area contributed by atoms with E-state index < -0.39 is 28.9 Å². The van der Waals surface area contributed by atoms with Crippen LogP contribution in [0.2, 0.25) is 0 Å². The number of benzene rings is 2. The minimum Gasteiger partial charge on any atom is -0.473 e. The summed E-state index contributed by atoms with van der Waals surface area (Å²) in [4.78, 5) is 15.8. The predicted octanol–water partition coefficient (Wildman–Crippen LogP) is 4.16. The second kappa shape index (κ2) is 7.78. The molecule has 150 valence electrons. The Morgan fingerprint density at radius 2 is 1.72 bits per heavy atom. The molecule has 0 radical (unpaired) electrons. The molecule has 0 unspecified atom stereocenters. The van der Waals surface area contributed by atoms with Gasteiger partial charge in [0.2, 0.25) is 5.88 Å². The van der Waals surface area contributed by atoms with Crippen LogP contribution in [0.4, 0.5) is 19.0 Å². The summed E-state index contributed by atoms with van der Waals surface area (Å²) in [6.45, 7) is 0.897. The molecular weight excluding hydrogens is 455 g/mol. The number of anilines is 1. The van der Waals surface area contributed by atoms with Gasteiger partial charge in [-0.05, 0) is 42.0 Å². The van der Waals surface area contributed by atoms with Crippen LogP contribution in [-0.4, -0.2) is 16.1 Å². The number of halogens is 4. The first kappa shape index (κ1) is 19.3. The fraction of sp³-hybridized carbons (Fsp3) is 0.158. The van der Waals surface area contributed by atoms with E-state index in [1.54, 1.807) is 9.99 Å². The zero-order chi connectivity index (χ0) is 20.5. The van der Waals surface area contributed by atoms with E-state index in [-0.39, 0.29) is 23.8 Å². The van der Waals surface area contributed by atoms with Gasteiger partial charge in [-0.1, -0.05) is 0 Å². The molecule has 29 heavy (non-hydrogen) atoms. The van der Waals surface area contributed by atoms with Crippen molar-refractivity contribution >= 4 is 22.0 Å². The largest absolute Gasteiger partial charge is 0.473 e. The third-order valence-corrected chi connectivity index (χ3v) is 4.93. The molecule has 0 atom stereocenters. The minimum atomic E-state index is -0.943. The molecule has 2 heterocycles. The summed E-state index contributed by atoms with van der Waals surface area (Å²) >= 11 is 3.32. The summed E-state index contributed by atoms with van der Waals surface area (Å²) in [6, 6.07) is 8.42. The Bertz CT molecular complexity index is 1100. The maximum atomic E-state index is 14.3. The van der Waals surface area contributed by atoms with Gasteiger partial charge >= 0.3 is 5.69 Å². The van der Waals surface area contributed by atoms with Gasteiger partial charge in [-0.25, -0.2) is 18.0 Å². The van der Waals surface area contributed by atoms with Crippen LogP contribution in [0.15, 0.2) is 47.3 Å². The molecule has 2 aromatic carbocycles. The van der Waals surface area contributed by atoms with Crippen molar-refractivity contribution in [2.75, 3.05) is 10.5 Å². The van der Waals surface area contributed by atoms with Gasteiger partial charge in [0.05, 0.1) is 16.1 Å². The molecule has 0 spiro atoms. The van der Waals surface area contributed by atoms with E-state index in [1.165, 1.54) is 16.7 Å². The highest BCUT2D eigenvalue weighted by atomic mass is 79.9. The molecule has 1 aliphatic rings. The Morgan fingerprint density at radius 1 is 1.03 bits per heavy atom. The monoisotopic (exact) mass is 467 g/mol. The lowest BCUT2D eigenvalue weighted by atomic mass is 10.2. The van der Waals surface area contributed by atoms with Crippen LogP contribution in [0.3, 0.4) is 0 Å². The molecule has 0 amide bonds. The topological polar surface area (TPSA) is 56.6 Å². The molecule has 1 aliphatic heterocycles. The van der Waals surface area contributed by atoms with Crippen LogP contribution in [0.5, 0.6) is 17.4 Å². The van der Waals surface area contributed by atoms with Crippen LogP contribution >= 0.6 is 16.1 Å². The number of ether oxygens (including phenoxy) is 2. The number of nitrogens with zero attached hydrogens (tertiary/aromatic N) is 3. The van der Waals surface area contributed by atoms with Crippen molar-refractivity contribution in [3.05, 3.63) is 76.0 Å². The van der Waals surface area contributed by atoms with Crippen LogP contribution in [0, 0.1) is 17.5 Å². The Balaban J connectivity index is 1.50. The fourth-order valence-electron chi connectivity index (χ4n) is 2.83. The molecule has 4 rings (SSSR count). The van der Waals surface area contributed by atoms with Crippen molar-refractivity contribution in [3.8, 4) is 17.4 Å². The van der Waals surface area contributed by atoms with E-state index >= 15 is 0 Å². The van der Waals surface area contributed by atoms with Gasteiger partial charge in [0.25, 0.3) is 0 Å². The summed E-state index contributed by atoms with van der Waals surface area (Å²) in [5, 5.41) is 0. The van der Waals surface area contributed by atoms with Gasteiger partial charge in [-0.15, -0.1) is 0 Å². The van der Waals surface area contributed by atoms with Gasteiger partial charge in [0.1, 0.15) is 24.0 Å². The first-order valence-electron chi connectivity index (χ1n) is 8.50. The van der Waals surface area contributed by atoms with E-state index in [9.17, 15) is 18.0 Å². The van der Waals surface area contributed by atoms with Gasteiger partial charge in [0, 0.05) is 19.2 Å². The van der Waals surface area contributed by atoms with Crippen molar-refractivity contribution < 1.29 is 22.6 Å². The van der Waals surface area contributed by atoms with E-state index in [4.69, 9.17) is 9.47 Å². The molecule has 0 aliphatic carbocycles. The number of hydrogen-bond donors (Lipinski definition) is 0. The minimum absolute atomic E-state index is 0.0417. The Kier molecular flexibility index (Phi) is 5.18. The lowest BCUT2D eigenvalue weighted by Gasteiger charge is -2.12. The molecule has 0 saturated heterocycles. The van der Waals surface area contributed by atoms with E-state index in [0.717, 1.165) is 24.3 Å². The number of hydrogen-bond acceptors (Lipinski definition) is 5. The molecule has 0 N–H and O–H groups in total. The molecule has 3 aromatic rings. The van der Waals surface area contributed by atoms with Crippen molar-refractivity contribution in [2.24, 2.45) is 0 Å². The lowest BCUT2D eigenvalue weighted by molar-refractivity contribution is 0.289. The highest BCUT2D eigenvalue weighted by Gasteiger charge is 2.20. The Labute approximate surface area is 171 Å². The fourth-order valence-corrected chi connectivity index (χ4v) is 3.28. The average molecular weight is 468 g/mol. The number of rotatable bonds is 5. The lowest BCUT2D eigenvalue weighted by Crippen LogP contribution is -2.21. The van der Waals surface area contributed by atoms with Crippen molar-refractivity contribution in [2.45, 2.75) is 13.2 Å². The Hall–Kier alpha value is -3.01. The molecular formula is C19H13BrF3N3O3. The normalized spacial score (nSPS) is 12.8. The molecule has 1 aromatic heterocycles. The summed E-state index contributed by atoms with van der Waals surface area (Å²) in [5.74, 6) is -2.27. The zero-order valence-electron chi connectivity index (χ0n) is 14.7. The second-order valence-electron chi connectivity index (χ2n) is 6.21. The van der Waals surface area contributed by atoms with Gasteiger partial charge in [-0.3, -0.25) is 8.49 Å². The first-order chi connectivity index (χ1) is 13.9. The quantitative estimate of drug-likeness (QED) is 0.527. The SMILES string of the molecule is O=c1nc(OCc2cc(F)c(Oc3ccc(F)cc3)c(F)c2)cc2n1CCN2Br. The third-order valence-electron chi connectivity index (χ3n) is 4.21. The smallest absolute Gasteiger partial charge is 0.352 e. The maximum absolute atomic E-state index is 14.3. The van der Waals surface area contributed by atoms with Crippen LogP contribution < -0.4 is 19.1 Å². The molecule has 10 heteroatoms. The molecule has 0 saturated carbocycles. The molecule has 0 bridgehead atoms. The maximum Gasteiger partial charge on any atom is 0.352 e. The summed E-state index contributed by atoms with van der Waals surface area (Å²) in [7, 11) is 0. The molecule has 6 nitrogen and oxygen atoms in total. The zero-order valence-corrected chi connectivity index (χ0v) is 16.3. The van der Waals surface area contributed by atoms with E-state index in [2.05, 4.69) is 21.1 Å². The Morgan fingerprint density at radius 3 is 2.41 bits per heavy atom. The van der Waals surface area contributed by atoms with Gasteiger partial charge in [-0.2, -0.15) is 4.98 Å². The van der Waals surface area contributed by atoms with Crippen LogP contribution in [-0.2, 0) is 13.2 Å². The van der Waals surface area contributed by atoms with Gasteiger partial charge in [0.15, 0.2) is 17.4 Å². The van der Waals surface area contributed by atoms with E-state index in [0.29, 0.717) is 18.9 Å². The van der Waals surface area contributed by atoms with Crippen LogP contribution in [0.25, 0.3) is 0 Å². The first-order valence-corrected chi connectivity index (χ1v) is 9.21. The number of fused-ring (bicyclic) bond motifs is 1. The average Bonchev–Trinajstić information content (AvgIpc) is 3.06. The van der Waals surface area contributed by atoms with Crippen LogP contribution in [0.1, 0.15) is 5.56 Å². The van der Waals surface area contributed by atoms with Gasteiger partial charge < -0.3 is 9.47 Å². The standard InChI is InChI=1S/C19H13BrF3N3O3/c20-26-6-5-25-17(26)9-16(24-19(25)27)28-10-11-7-14(22)18(15(23)8-11)29-13-3-1-12(21)2-4-13/h1-4,7-9H,5-6,10H2. The third kappa shape index (κ3) is 4.07. The number of aromatic nitrogens is 2. The summed E-state index contributed by atoms with van der Waals surface area (Å²) in [5.41, 5.74) is -0.288. The second-order valence-corrected chi connectivity index (χ2v) is 7.06. The van der Waals surface area contributed by atoms with Crippen molar-refractivity contribution in [3.63, 3.8) is 0 Å². The molecule has 0 fully saturated rings. The predicted molar refractivity (Wildman–Crippen MR) is 102 cm³/mol. The highest BCUT2D eigenvalue weighted by Crippen LogP contribution is 2.30. The highest BCUT2D eigenvalue weighted by molar-refractivity contribution is 9.10. The van der Waals surface area contributed by atoms with Crippen molar-refractivity contribution in [1.82, 2.24) is 9.55 Å². The van der Waals surface area contributed by atoms with E-state index in [1.807, 2.05) is 0 Å². The van der Waals surface area contributed by atoms with Crippen molar-refractivity contribution in [1.29, 1.82) is 0 Å².